The molecule has 4 N–H and O–H groups in total. The molecule has 0 atom stereocenters. The molecular formula is C7H9NO6S2. The molecule has 0 aromatic heterocycles. The largest absolute Gasteiger partial charge is 0.399 e. The number of hydrogen-bond acceptors (Lipinski definition) is 5. The number of nitrogen functional groups attached to an aromatic ring is 1. The molecule has 1 aromatic rings. The summed E-state index contributed by atoms with van der Waals surface area (Å²) in [7, 11) is -9.54. The quantitative estimate of drug-likeness (QED) is 0.509. The molecule has 0 saturated heterocycles. The third-order valence-corrected chi connectivity index (χ3v) is 3.86. The minimum absolute atomic E-state index is 0.0440. The van der Waals surface area contributed by atoms with Crippen molar-refractivity contribution in [3.05, 3.63) is 17.7 Å². The zero-order chi connectivity index (χ0) is 12.7. The van der Waals surface area contributed by atoms with Gasteiger partial charge in [-0.1, -0.05) is 0 Å². The van der Waals surface area contributed by atoms with Gasteiger partial charge in [-0.2, -0.15) is 16.8 Å². The Balaban J connectivity index is 3.87. The van der Waals surface area contributed by atoms with Crippen molar-refractivity contribution in [2.45, 2.75) is 16.7 Å². The predicted octanol–water partition coefficient (Wildman–Crippen LogP) is 0.0706. The Morgan fingerprint density at radius 1 is 1.06 bits per heavy atom. The van der Waals surface area contributed by atoms with Gasteiger partial charge in [0, 0.05) is 5.69 Å². The maximum Gasteiger partial charge on any atom is 0.296 e. The highest BCUT2D eigenvalue weighted by Gasteiger charge is 2.26. The van der Waals surface area contributed by atoms with Crippen LogP contribution in [0.15, 0.2) is 21.9 Å². The van der Waals surface area contributed by atoms with E-state index in [4.69, 9.17) is 14.8 Å². The Morgan fingerprint density at radius 3 is 1.94 bits per heavy atom. The number of nitrogens with two attached hydrogens (primary N) is 1. The molecule has 0 radical (unpaired) electrons. The first-order chi connectivity index (χ1) is 7.03. The molecule has 0 aliphatic carbocycles. The summed E-state index contributed by atoms with van der Waals surface area (Å²) in [6.07, 6.45) is 0. The second kappa shape index (κ2) is 3.70. The highest BCUT2D eigenvalue weighted by molar-refractivity contribution is 7.89. The first kappa shape index (κ1) is 12.9. The van der Waals surface area contributed by atoms with E-state index in [1.807, 2.05) is 0 Å². The van der Waals surface area contributed by atoms with Crippen LogP contribution in [0.5, 0.6) is 0 Å². The molecule has 90 valence electrons. The van der Waals surface area contributed by atoms with Gasteiger partial charge >= 0.3 is 0 Å². The first-order valence-electron chi connectivity index (χ1n) is 3.88. The van der Waals surface area contributed by atoms with Crippen molar-refractivity contribution in [2.75, 3.05) is 5.73 Å². The van der Waals surface area contributed by atoms with E-state index in [0.29, 0.717) is 0 Å². The molecule has 0 saturated carbocycles. The van der Waals surface area contributed by atoms with Crippen LogP contribution in [0.4, 0.5) is 5.69 Å². The van der Waals surface area contributed by atoms with Crippen molar-refractivity contribution in [2.24, 2.45) is 0 Å². The lowest BCUT2D eigenvalue weighted by atomic mass is 10.2. The molecule has 0 spiro atoms. The molecule has 0 aliphatic heterocycles. The van der Waals surface area contributed by atoms with Gasteiger partial charge in [-0.3, -0.25) is 9.11 Å². The van der Waals surface area contributed by atoms with Gasteiger partial charge in [-0.15, -0.1) is 0 Å². The highest BCUT2D eigenvalue weighted by Crippen LogP contribution is 2.27. The molecule has 9 heteroatoms. The van der Waals surface area contributed by atoms with Gasteiger partial charge in [-0.05, 0) is 24.6 Å². The summed E-state index contributed by atoms with van der Waals surface area (Å²) >= 11 is 0. The maximum atomic E-state index is 11.0. The number of anilines is 1. The van der Waals surface area contributed by atoms with Crippen LogP contribution >= 0.6 is 0 Å². The van der Waals surface area contributed by atoms with Gasteiger partial charge in [0.15, 0.2) is 0 Å². The fourth-order valence-electron chi connectivity index (χ4n) is 1.29. The van der Waals surface area contributed by atoms with Crippen LogP contribution in [-0.4, -0.2) is 25.9 Å². The molecule has 16 heavy (non-hydrogen) atoms. The first-order valence-corrected chi connectivity index (χ1v) is 6.76. The smallest absolute Gasteiger partial charge is 0.296 e. The molecule has 1 rings (SSSR count). The summed E-state index contributed by atoms with van der Waals surface area (Å²) in [5.74, 6) is 0. The SMILES string of the molecule is Cc1cc(N)cc(S(=O)(=O)O)c1S(=O)(=O)O. The molecule has 0 heterocycles. The second-order valence-corrected chi connectivity index (χ2v) is 5.86. The van der Waals surface area contributed by atoms with Crippen LogP contribution in [-0.2, 0) is 20.2 Å². The van der Waals surface area contributed by atoms with Crippen LogP contribution in [0.25, 0.3) is 0 Å². The Labute approximate surface area is 92.4 Å². The van der Waals surface area contributed by atoms with Gasteiger partial charge < -0.3 is 5.73 Å². The number of rotatable bonds is 2. The third-order valence-electron chi connectivity index (χ3n) is 1.80. The fourth-order valence-corrected chi connectivity index (χ4v) is 3.38. The lowest BCUT2D eigenvalue weighted by molar-refractivity contribution is 0.466. The molecule has 1 aromatic carbocycles. The van der Waals surface area contributed by atoms with E-state index in [0.717, 1.165) is 12.1 Å². The average molecular weight is 267 g/mol. The Morgan fingerprint density at radius 2 is 1.56 bits per heavy atom. The summed E-state index contributed by atoms with van der Waals surface area (Å²) in [5.41, 5.74) is 5.20. The van der Waals surface area contributed by atoms with Gasteiger partial charge in [0.2, 0.25) is 0 Å². The minimum Gasteiger partial charge on any atom is -0.399 e. The van der Waals surface area contributed by atoms with E-state index in [1.165, 1.54) is 6.92 Å². The normalized spacial score (nSPS) is 12.7. The van der Waals surface area contributed by atoms with Crippen molar-refractivity contribution < 1.29 is 25.9 Å². The van der Waals surface area contributed by atoms with Crippen molar-refractivity contribution in [1.29, 1.82) is 0 Å². The third kappa shape index (κ3) is 2.50. The van der Waals surface area contributed by atoms with Gasteiger partial charge in [0.1, 0.15) is 9.79 Å². The monoisotopic (exact) mass is 267 g/mol. The summed E-state index contributed by atoms with van der Waals surface area (Å²) in [4.78, 5) is -1.81. The number of aryl methyl sites for hydroxylation is 1. The molecule has 0 amide bonds. The number of hydrogen-bond donors (Lipinski definition) is 3. The zero-order valence-corrected chi connectivity index (χ0v) is 9.71. The minimum atomic E-state index is -4.78. The van der Waals surface area contributed by atoms with E-state index < -0.39 is 30.0 Å². The van der Waals surface area contributed by atoms with Crippen LogP contribution in [0.1, 0.15) is 5.56 Å². The summed E-state index contributed by atoms with van der Waals surface area (Å²) in [6.45, 7) is 1.24. The van der Waals surface area contributed by atoms with Gasteiger partial charge in [-0.25, -0.2) is 0 Å². The zero-order valence-electron chi connectivity index (χ0n) is 8.08. The van der Waals surface area contributed by atoms with Crippen molar-refractivity contribution in [3.8, 4) is 0 Å². The standard InChI is InChI=1S/C7H9NO6S2/c1-4-2-5(8)3-6(15(9,10)11)7(4)16(12,13)14/h2-3H,8H2,1H3,(H,9,10,11)(H,12,13,14). The molecular weight excluding hydrogens is 258 g/mol. The Kier molecular flexibility index (Phi) is 2.98. The molecule has 0 fully saturated rings. The molecule has 0 aliphatic rings. The summed E-state index contributed by atoms with van der Waals surface area (Å²) in [6, 6.07) is 1.92. The van der Waals surface area contributed by atoms with E-state index in [1.54, 1.807) is 0 Å². The Hall–Kier alpha value is -1.16. The molecule has 7 nitrogen and oxygen atoms in total. The van der Waals surface area contributed by atoms with E-state index in [-0.39, 0.29) is 11.3 Å². The fraction of sp³-hybridized carbons (Fsp3) is 0.143. The average Bonchev–Trinajstić information content (AvgIpc) is 1.97. The van der Waals surface area contributed by atoms with Gasteiger partial charge in [0.25, 0.3) is 20.2 Å². The number of benzene rings is 1. The van der Waals surface area contributed by atoms with Crippen molar-refractivity contribution in [3.63, 3.8) is 0 Å². The highest BCUT2D eigenvalue weighted by atomic mass is 32.2. The maximum absolute atomic E-state index is 11.0. The van der Waals surface area contributed by atoms with Crippen LogP contribution in [0.2, 0.25) is 0 Å². The summed E-state index contributed by atoms with van der Waals surface area (Å²) in [5, 5.41) is 0. The molecule has 0 unspecified atom stereocenters. The van der Waals surface area contributed by atoms with E-state index >= 15 is 0 Å². The lowest BCUT2D eigenvalue weighted by Gasteiger charge is -2.08. The predicted molar refractivity (Wildman–Crippen MR) is 55.2 cm³/mol. The van der Waals surface area contributed by atoms with Gasteiger partial charge in [0.05, 0.1) is 0 Å². The molecule has 0 bridgehead atoms. The van der Waals surface area contributed by atoms with Crippen molar-refractivity contribution in [1.82, 2.24) is 0 Å². The van der Waals surface area contributed by atoms with Crippen LogP contribution < -0.4 is 5.73 Å². The van der Waals surface area contributed by atoms with Crippen LogP contribution in [0, 0.1) is 6.92 Å². The lowest BCUT2D eigenvalue weighted by Crippen LogP contribution is -2.11. The van der Waals surface area contributed by atoms with Crippen LogP contribution in [0.3, 0.4) is 0 Å². The second-order valence-electron chi connectivity index (χ2n) is 3.12. The van der Waals surface area contributed by atoms with E-state index in [2.05, 4.69) is 0 Å². The van der Waals surface area contributed by atoms with Crippen molar-refractivity contribution >= 4 is 25.9 Å². The summed E-state index contributed by atoms with van der Waals surface area (Å²) < 4.78 is 61.5. The van der Waals surface area contributed by atoms with E-state index in [9.17, 15) is 16.8 Å². The topological polar surface area (TPSA) is 135 Å². The Bertz CT molecular complexity index is 631.